The number of aromatic nitrogens is 1. The summed E-state index contributed by atoms with van der Waals surface area (Å²) in [6.07, 6.45) is 4.95. The van der Waals surface area contributed by atoms with Crippen LogP contribution in [0.4, 0.5) is 5.13 Å². The fourth-order valence-corrected chi connectivity index (χ4v) is 3.95. The lowest BCUT2D eigenvalue weighted by Gasteiger charge is -2.28. The van der Waals surface area contributed by atoms with Crippen LogP contribution in [0.25, 0.3) is 0 Å². The van der Waals surface area contributed by atoms with Crippen LogP contribution in [0.2, 0.25) is 0 Å². The van der Waals surface area contributed by atoms with Crippen LogP contribution < -0.4 is 10.2 Å². The van der Waals surface area contributed by atoms with Gasteiger partial charge >= 0.3 is 0 Å². The molecule has 0 saturated heterocycles. The van der Waals surface area contributed by atoms with Crippen molar-refractivity contribution in [2.24, 2.45) is 5.92 Å². The lowest BCUT2D eigenvalue weighted by Crippen LogP contribution is -2.37. The van der Waals surface area contributed by atoms with Gasteiger partial charge in [0.15, 0.2) is 5.13 Å². The molecule has 0 bridgehead atoms. The summed E-state index contributed by atoms with van der Waals surface area (Å²) in [5.74, 6) is 0.841. The molecule has 1 heterocycles. The molecule has 0 radical (unpaired) electrons. The topological polar surface area (TPSA) is 37.4 Å². The van der Waals surface area contributed by atoms with Gasteiger partial charge in [-0.3, -0.25) is 0 Å². The SMILES string of the molecule is CCCc1nc(N(CCOC)C(C)C2CC2)sc1CNC. The fourth-order valence-electron chi connectivity index (χ4n) is 2.72. The molecular weight excluding hydrogens is 282 g/mol. The van der Waals surface area contributed by atoms with Gasteiger partial charge in [0.05, 0.1) is 12.3 Å². The van der Waals surface area contributed by atoms with Crippen LogP contribution in [0.15, 0.2) is 0 Å². The van der Waals surface area contributed by atoms with Crippen molar-refractivity contribution in [3.8, 4) is 0 Å². The third kappa shape index (κ3) is 4.41. The molecule has 4 nitrogen and oxygen atoms in total. The fraction of sp³-hybridized carbons (Fsp3) is 0.812. The molecule has 1 unspecified atom stereocenters. The quantitative estimate of drug-likeness (QED) is 0.720. The van der Waals surface area contributed by atoms with Crippen molar-refractivity contribution in [1.82, 2.24) is 10.3 Å². The molecule has 5 heteroatoms. The van der Waals surface area contributed by atoms with E-state index in [-0.39, 0.29) is 0 Å². The van der Waals surface area contributed by atoms with Crippen molar-refractivity contribution in [3.05, 3.63) is 10.6 Å². The Hall–Kier alpha value is -0.650. The Bertz CT molecular complexity index is 408. The molecule has 1 aromatic heterocycles. The summed E-state index contributed by atoms with van der Waals surface area (Å²) in [5, 5.41) is 4.45. The Morgan fingerprint density at radius 1 is 1.48 bits per heavy atom. The second kappa shape index (κ2) is 8.11. The van der Waals surface area contributed by atoms with E-state index < -0.39 is 0 Å². The van der Waals surface area contributed by atoms with Gasteiger partial charge in [-0.1, -0.05) is 13.3 Å². The lowest BCUT2D eigenvalue weighted by atomic mass is 10.2. The summed E-state index contributed by atoms with van der Waals surface area (Å²) < 4.78 is 5.30. The molecule has 21 heavy (non-hydrogen) atoms. The minimum atomic E-state index is 0.572. The Morgan fingerprint density at radius 3 is 2.81 bits per heavy atom. The van der Waals surface area contributed by atoms with E-state index in [1.165, 1.54) is 28.5 Å². The smallest absolute Gasteiger partial charge is 0.186 e. The van der Waals surface area contributed by atoms with Gasteiger partial charge < -0.3 is 15.0 Å². The Morgan fingerprint density at radius 2 is 2.24 bits per heavy atom. The molecule has 1 atom stereocenters. The number of hydrogen-bond acceptors (Lipinski definition) is 5. The highest BCUT2D eigenvalue weighted by molar-refractivity contribution is 7.15. The maximum Gasteiger partial charge on any atom is 0.186 e. The second-order valence-corrected chi connectivity index (χ2v) is 6.97. The number of methoxy groups -OCH3 is 1. The highest BCUT2D eigenvalue weighted by atomic mass is 32.1. The van der Waals surface area contributed by atoms with E-state index in [4.69, 9.17) is 9.72 Å². The number of hydrogen-bond donors (Lipinski definition) is 1. The second-order valence-electron chi connectivity index (χ2n) is 5.91. The number of anilines is 1. The predicted octanol–water partition coefficient (Wildman–Crippen LogP) is 3.07. The van der Waals surface area contributed by atoms with E-state index in [2.05, 4.69) is 24.1 Å². The van der Waals surface area contributed by atoms with Gasteiger partial charge in [0.2, 0.25) is 0 Å². The number of nitrogens with one attached hydrogen (secondary N) is 1. The number of thiazole rings is 1. The van der Waals surface area contributed by atoms with Gasteiger partial charge in [-0.2, -0.15) is 0 Å². The first-order valence-corrected chi connectivity index (χ1v) is 8.91. The number of aryl methyl sites for hydroxylation is 1. The zero-order valence-corrected chi connectivity index (χ0v) is 14.6. The first-order valence-electron chi connectivity index (χ1n) is 8.10. The third-order valence-electron chi connectivity index (χ3n) is 4.17. The van der Waals surface area contributed by atoms with Gasteiger partial charge in [0, 0.05) is 31.1 Å². The normalized spacial score (nSPS) is 16.2. The number of nitrogens with zero attached hydrogens (tertiary/aromatic N) is 2. The number of ether oxygens (including phenoxy) is 1. The van der Waals surface area contributed by atoms with Crippen molar-refractivity contribution < 1.29 is 4.74 Å². The molecule has 0 aliphatic heterocycles. The minimum absolute atomic E-state index is 0.572. The molecule has 1 saturated carbocycles. The number of rotatable bonds is 10. The van der Waals surface area contributed by atoms with Crippen LogP contribution in [-0.4, -0.2) is 38.3 Å². The molecule has 1 N–H and O–H groups in total. The van der Waals surface area contributed by atoms with Crippen LogP contribution in [0.3, 0.4) is 0 Å². The van der Waals surface area contributed by atoms with Crippen LogP contribution in [-0.2, 0) is 17.7 Å². The van der Waals surface area contributed by atoms with Crippen molar-refractivity contribution in [1.29, 1.82) is 0 Å². The van der Waals surface area contributed by atoms with Crippen LogP contribution in [0, 0.1) is 5.92 Å². The van der Waals surface area contributed by atoms with E-state index in [9.17, 15) is 0 Å². The molecule has 0 spiro atoms. The summed E-state index contributed by atoms with van der Waals surface area (Å²) >= 11 is 1.85. The van der Waals surface area contributed by atoms with E-state index in [0.717, 1.165) is 38.5 Å². The first-order chi connectivity index (χ1) is 10.2. The maximum absolute atomic E-state index is 5.30. The van der Waals surface area contributed by atoms with Crippen molar-refractivity contribution in [2.75, 3.05) is 32.2 Å². The molecule has 2 rings (SSSR count). The summed E-state index contributed by atoms with van der Waals surface area (Å²) in [7, 11) is 3.78. The standard InChI is InChI=1S/C16H29N3OS/c1-5-6-14-15(11-17-3)21-16(18-14)19(9-10-20-4)12(2)13-7-8-13/h12-13,17H,5-11H2,1-4H3. The van der Waals surface area contributed by atoms with Crippen molar-refractivity contribution in [2.45, 2.75) is 52.1 Å². The molecule has 0 aromatic carbocycles. The van der Waals surface area contributed by atoms with Crippen molar-refractivity contribution >= 4 is 16.5 Å². The monoisotopic (exact) mass is 311 g/mol. The summed E-state index contributed by atoms with van der Waals surface area (Å²) in [6, 6.07) is 0.572. The van der Waals surface area contributed by atoms with E-state index >= 15 is 0 Å². The third-order valence-corrected chi connectivity index (χ3v) is 5.30. The molecule has 1 aromatic rings. The van der Waals surface area contributed by atoms with Gasteiger partial charge in [-0.15, -0.1) is 11.3 Å². The highest BCUT2D eigenvalue weighted by Crippen LogP contribution is 2.38. The van der Waals surface area contributed by atoms with Gasteiger partial charge in [-0.25, -0.2) is 4.98 Å². The molecule has 1 fully saturated rings. The zero-order chi connectivity index (χ0) is 15.2. The first kappa shape index (κ1) is 16.7. The van der Waals surface area contributed by atoms with Gasteiger partial charge in [-0.05, 0) is 39.2 Å². The zero-order valence-electron chi connectivity index (χ0n) is 13.8. The summed E-state index contributed by atoms with van der Waals surface area (Å²) in [5.41, 5.74) is 1.28. The summed E-state index contributed by atoms with van der Waals surface area (Å²) in [4.78, 5) is 8.80. The molecule has 1 aliphatic rings. The average molecular weight is 311 g/mol. The van der Waals surface area contributed by atoms with E-state index in [1.54, 1.807) is 7.11 Å². The molecule has 1 aliphatic carbocycles. The van der Waals surface area contributed by atoms with Crippen LogP contribution >= 0.6 is 11.3 Å². The molecule has 0 amide bonds. The van der Waals surface area contributed by atoms with Gasteiger partial charge in [0.25, 0.3) is 0 Å². The lowest BCUT2D eigenvalue weighted by molar-refractivity contribution is 0.202. The van der Waals surface area contributed by atoms with Crippen LogP contribution in [0.5, 0.6) is 0 Å². The van der Waals surface area contributed by atoms with Gasteiger partial charge in [0.1, 0.15) is 0 Å². The van der Waals surface area contributed by atoms with E-state index in [0.29, 0.717) is 6.04 Å². The maximum atomic E-state index is 5.30. The van der Waals surface area contributed by atoms with E-state index in [1.807, 2.05) is 18.4 Å². The average Bonchev–Trinajstić information content (AvgIpc) is 3.25. The summed E-state index contributed by atoms with van der Waals surface area (Å²) in [6.45, 7) is 7.18. The predicted molar refractivity (Wildman–Crippen MR) is 90.3 cm³/mol. The Labute approximate surface area is 132 Å². The Kier molecular flexibility index (Phi) is 6.45. The largest absolute Gasteiger partial charge is 0.383 e. The molecule has 120 valence electrons. The minimum Gasteiger partial charge on any atom is -0.383 e. The van der Waals surface area contributed by atoms with Crippen molar-refractivity contribution in [3.63, 3.8) is 0 Å². The Balaban J connectivity index is 2.18. The molecular formula is C16H29N3OS. The highest BCUT2D eigenvalue weighted by Gasteiger charge is 2.33. The van der Waals surface area contributed by atoms with Crippen LogP contribution in [0.1, 0.15) is 43.7 Å².